The summed E-state index contributed by atoms with van der Waals surface area (Å²) in [4.78, 5) is 0. The fourth-order valence-corrected chi connectivity index (χ4v) is 2.35. The Morgan fingerprint density at radius 1 is 0.800 bits per heavy atom. The normalized spacial score (nSPS) is 15.9. The van der Waals surface area contributed by atoms with E-state index in [-0.39, 0.29) is 0 Å². The topological polar surface area (TPSA) is 0 Å². The Bertz CT molecular complexity index is 480. The van der Waals surface area contributed by atoms with E-state index in [0.29, 0.717) is 11.8 Å². The summed E-state index contributed by atoms with van der Waals surface area (Å²) in [6, 6.07) is 0. The maximum absolute atomic E-state index is 3.36. The Labute approximate surface area is 158 Å². The third-order valence-corrected chi connectivity index (χ3v) is 4.32. The second-order valence-electron chi connectivity index (χ2n) is 6.45. The molecular weight excluding hydrogens is 300 g/mol. The molecule has 0 spiro atoms. The van der Waals surface area contributed by atoms with Crippen LogP contribution in [0.15, 0.2) is 71.9 Å². The first-order chi connectivity index (χ1) is 11.9. The van der Waals surface area contributed by atoms with E-state index in [1.165, 1.54) is 16.7 Å². The second-order valence-corrected chi connectivity index (χ2v) is 6.45. The lowest BCUT2D eigenvalue weighted by atomic mass is 9.92. The van der Waals surface area contributed by atoms with Gasteiger partial charge in [-0.25, -0.2) is 0 Å². The van der Waals surface area contributed by atoms with E-state index in [0.717, 1.165) is 19.3 Å². The molecule has 0 aromatic carbocycles. The number of allylic oxidation sites excluding steroid dienone is 11. The predicted molar refractivity (Wildman–Crippen MR) is 119 cm³/mol. The first kappa shape index (κ1) is 25.7. The number of rotatable bonds is 9. The summed E-state index contributed by atoms with van der Waals surface area (Å²) < 4.78 is 0. The maximum Gasteiger partial charge on any atom is -0.00484 e. The van der Waals surface area contributed by atoms with Gasteiger partial charge in [-0.2, -0.15) is 0 Å². The quantitative estimate of drug-likeness (QED) is 0.290. The minimum Gasteiger partial charge on any atom is -0.103 e. The van der Waals surface area contributed by atoms with Crippen LogP contribution in [0.4, 0.5) is 0 Å². The van der Waals surface area contributed by atoms with E-state index in [9.17, 15) is 0 Å². The molecule has 0 aromatic rings. The molecule has 0 bridgehead atoms. The molecule has 0 amide bonds. The van der Waals surface area contributed by atoms with Crippen LogP contribution in [0, 0.1) is 11.8 Å². The van der Waals surface area contributed by atoms with Crippen LogP contribution in [-0.4, -0.2) is 0 Å². The van der Waals surface area contributed by atoms with Crippen molar-refractivity contribution in [2.24, 2.45) is 11.8 Å². The lowest BCUT2D eigenvalue weighted by molar-refractivity contribution is 0.768. The lowest BCUT2D eigenvalue weighted by Gasteiger charge is -2.13. The van der Waals surface area contributed by atoms with Gasteiger partial charge in [-0.1, -0.05) is 99.9 Å². The van der Waals surface area contributed by atoms with Crippen molar-refractivity contribution in [3.8, 4) is 0 Å². The van der Waals surface area contributed by atoms with Gasteiger partial charge in [-0.05, 0) is 51.9 Å². The van der Waals surface area contributed by atoms with Crippen LogP contribution in [0.1, 0.15) is 74.7 Å². The maximum atomic E-state index is 3.36. The van der Waals surface area contributed by atoms with Gasteiger partial charge in [0.1, 0.15) is 0 Å². The average molecular weight is 343 g/mol. The van der Waals surface area contributed by atoms with Crippen molar-refractivity contribution in [3.05, 3.63) is 71.9 Å². The van der Waals surface area contributed by atoms with Gasteiger partial charge in [-0.15, -0.1) is 6.58 Å². The first-order valence-electron chi connectivity index (χ1n) is 9.84. The van der Waals surface area contributed by atoms with Crippen LogP contribution in [-0.2, 0) is 0 Å². The Morgan fingerprint density at radius 3 is 1.60 bits per heavy atom. The smallest absolute Gasteiger partial charge is 0.00484 e. The molecule has 0 heterocycles. The minimum atomic E-state index is 0.508. The molecule has 0 N–H and O–H groups in total. The number of hydrogen-bond acceptors (Lipinski definition) is 0. The summed E-state index contributed by atoms with van der Waals surface area (Å²) in [6.45, 7) is 20.8. The lowest BCUT2D eigenvalue weighted by Crippen LogP contribution is -1.98. The van der Waals surface area contributed by atoms with Crippen molar-refractivity contribution < 1.29 is 0 Å². The van der Waals surface area contributed by atoms with E-state index in [4.69, 9.17) is 0 Å². The Balaban J connectivity index is 0. The molecule has 25 heavy (non-hydrogen) atoms. The van der Waals surface area contributed by atoms with Crippen molar-refractivity contribution in [2.45, 2.75) is 74.7 Å². The zero-order valence-corrected chi connectivity index (χ0v) is 18.1. The summed E-state index contributed by atoms with van der Waals surface area (Å²) in [5.74, 6) is 1.02. The second kappa shape index (κ2) is 17.3. The van der Waals surface area contributed by atoms with Crippen LogP contribution in [0.5, 0.6) is 0 Å². The molecule has 0 rings (SSSR count). The summed E-state index contributed by atoms with van der Waals surface area (Å²) in [7, 11) is 0. The van der Waals surface area contributed by atoms with E-state index >= 15 is 0 Å². The molecular formula is C25H42. The zero-order chi connectivity index (χ0) is 19.7. The van der Waals surface area contributed by atoms with Gasteiger partial charge in [0.15, 0.2) is 0 Å². The molecule has 0 aliphatic carbocycles. The summed E-state index contributed by atoms with van der Waals surface area (Å²) in [5.41, 5.74) is 4.44. The van der Waals surface area contributed by atoms with Gasteiger partial charge in [0, 0.05) is 0 Å². The van der Waals surface area contributed by atoms with E-state index < -0.39 is 0 Å². The molecule has 2 unspecified atom stereocenters. The van der Waals surface area contributed by atoms with Crippen LogP contribution in [0.3, 0.4) is 0 Å². The van der Waals surface area contributed by atoms with Crippen LogP contribution in [0.2, 0.25) is 0 Å². The Morgan fingerprint density at radius 2 is 1.24 bits per heavy atom. The molecule has 142 valence electrons. The van der Waals surface area contributed by atoms with Crippen LogP contribution >= 0.6 is 0 Å². The average Bonchev–Trinajstić information content (AvgIpc) is 2.61. The van der Waals surface area contributed by atoms with Gasteiger partial charge in [0.25, 0.3) is 0 Å². The molecule has 0 saturated carbocycles. The highest BCUT2D eigenvalue weighted by Gasteiger charge is 2.06. The molecule has 0 aliphatic heterocycles. The van der Waals surface area contributed by atoms with Crippen LogP contribution < -0.4 is 0 Å². The third-order valence-electron chi connectivity index (χ3n) is 4.32. The van der Waals surface area contributed by atoms with Crippen molar-refractivity contribution in [1.82, 2.24) is 0 Å². The van der Waals surface area contributed by atoms with Gasteiger partial charge in [-0.3, -0.25) is 0 Å². The van der Waals surface area contributed by atoms with Crippen molar-refractivity contribution in [3.63, 3.8) is 0 Å². The van der Waals surface area contributed by atoms with E-state index in [2.05, 4.69) is 97.6 Å². The van der Waals surface area contributed by atoms with Gasteiger partial charge in [0.2, 0.25) is 0 Å². The predicted octanol–water partition coefficient (Wildman–Crippen LogP) is 8.61. The summed E-state index contributed by atoms with van der Waals surface area (Å²) in [6.07, 6.45) is 20.9. The highest BCUT2D eigenvalue weighted by molar-refractivity contribution is 5.23. The molecule has 0 aliphatic rings. The molecule has 0 saturated heterocycles. The van der Waals surface area contributed by atoms with E-state index in [1.54, 1.807) is 6.08 Å². The van der Waals surface area contributed by atoms with Crippen LogP contribution in [0.25, 0.3) is 0 Å². The van der Waals surface area contributed by atoms with Gasteiger partial charge >= 0.3 is 0 Å². The monoisotopic (exact) mass is 342 g/mol. The van der Waals surface area contributed by atoms with Gasteiger partial charge < -0.3 is 0 Å². The molecule has 0 radical (unpaired) electrons. The standard InChI is InChI=1S/C22H36.C3H6/c1-8-12-13-21(10-3)19(6)15-16-20(7)22(11-4)17-14-18(5)9-2;1-3-2/h8,12-17,19-20H,9-11H2,1-7H3;3H,1H2,2H3/b12-8-,16-15-,18-14+,21-13+,22-17+;. The highest BCUT2D eigenvalue weighted by Crippen LogP contribution is 2.21. The van der Waals surface area contributed by atoms with E-state index in [1.807, 2.05) is 6.92 Å². The largest absolute Gasteiger partial charge is 0.103 e. The molecule has 0 heteroatoms. The summed E-state index contributed by atoms with van der Waals surface area (Å²) in [5, 5.41) is 0. The Kier molecular flexibility index (Phi) is 17.7. The first-order valence-corrected chi connectivity index (χ1v) is 9.84. The molecule has 0 nitrogen and oxygen atoms in total. The van der Waals surface area contributed by atoms with Crippen molar-refractivity contribution >= 4 is 0 Å². The third kappa shape index (κ3) is 13.4. The number of hydrogen-bond donors (Lipinski definition) is 0. The fraction of sp³-hybridized carbons (Fsp3) is 0.520. The Hall–Kier alpha value is -1.56. The molecule has 0 fully saturated rings. The molecule has 0 aromatic heterocycles. The van der Waals surface area contributed by atoms with Crippen molar-refractivity contribution in [1.29, 1.82) is 0 Å². The zero-order valence-electron chi connectivity index (χ0n) is 18.1. The summed E-state index contributed by atoms with van der Waals surface area (Å²) >= 11 is 0. The highest BCUT2D eigenvalue weighted by atomic mass is 14.1. The molecule has 2 atom stereocenters. The van der Waals surface area contributed by atoms with Gasteiger partial charge in [0.05, 0.1) is 0 Å². The SMILES string of the molecule is C/C=C\C=C(/CC)C(C)/C=C\C(C)/C(=C/C=C(\C)CC)CC.C=CC. The van der Waals surface area contributed by atoms with Crippen molar-refractivity contribution in [2.75, 3.05) is 0 Å². The fourth-order valence-electron chi connectivity index (χ4n) is 2.35. The minimum absolute atomic E-state index is 0.508.